The molecule has 0 fully saturated rings. The van der Waals surface area contributed by atoms with E-state index in [9.17, 15) is 0 Å². The van der Waals surface area contributed by atoms with Gasteiger partial charge in [-0.25, -0.2) is 4.68 Å². The Morgan fingerprint density at radius 2 is 1.75 bits per heavy atom. The number of nitrogens with zero attached hydrogens (tertiary/aromatic N) is 3. The molecule has 0 unspecified atom stereocenters. The van der Waals surface area contributed by atoms with Crippen LogP contribution >= 0.6 is 11.8 Å². The maximum atomic E-state index is 6.10. The van der Waals surface area contributed by atoms with E-state index in [0.29, 0.717) is 17.6 Å². The third kappa shape index (κ3) is 3.80. The zero-order valence-electron chi connectivity index (χ0n) is 13.3. The number of methoxy groups -OCH3 is 1. The normalized spacial score (nSPS) is 10.5. The first kappa shape index (κ1) is 16.2. The van der Waals surface area contributed by atoms with Gasteiger partial charge in [-0.05, 0) is 36.4 Å². The van der Waals surface area contributed by atoms with E-state index in [1.165, 1.54) is 16.4 Å². The van der Waals surface area contributed by atoms with Crippen LogP contribution < -0.4 is 15.3 Å². The molecular formula is C17H18N4O2S. The average Bonchev–Trinajstić information content (AvgIpc) is 3.00. The molecule has 2 aromatic carbocycles. The molecule has 2 N–H and O–H groups in total. The first-order valence-electron chi connectivity index (χ1n) is 7.43. The first-order chi connectivity index (χ1) is 11.8. The minimum Gasteiger partial charge on any atom is -0.497 e. The molecule has 0 radical (unpaired) electrons. The van der Waals surface area contributed by atoms with E-state index in [2.05, 4.69) is 10.2 Å². The van der Waals surface area contributed by atoms with E-state index in [-0.39, 0.29) is 0 Å². The summed E-state index contributed by atoms with van der Waals surface area (Å²) >= 11 is 1.50. The van der Waals surface area contributed by atoms with Crippen LogP contribution in [0.4, 0.5) is 0 Å². The van der Waals surface area contributed by atoms with Crippen LogP contribution in [0.25, 0.3) is 11.4 Å². The summed E-state index contributed by atoms with van der Waals surface area (Å²) in [5.41, 5.74) is 0.887. The number of hydrogen-bond acceptors (Lipinski definition) is 6. The highest BCUT2D eigenvalue weighted by atomic mass is 32.2. The number of para-hydroxylation sites is 1. The van der Waals surface area contributed by atoms with Crippen LogP contribution in [0.15, 0.2) is 59.8 Å². The lowest BCUT2D eigenvalue weighted by molar-refractivity contribution is 0.344. The molecule has 124 valence electrons. The second-order valence-corrected chi connectivity index (χ2v) is 5.98. The molecule has 3 aromatic rings. The van der Waals surface area contributed by atoms with Gasteiger partial charge in [0.25, 0.3) is 0 Å². The summed E-state index contributed by atoms with van der Waals surface area (Å²) in [7, 11) is 1.63. The van der Waals surface area contributed by atoms with Gasteiger partial charge in [0.1, 0.15) is 11.5 Å². The highest BCUT2D eigenvalue weighted by Crippen LogP contribution is 2.23. The molecule has 0 saturated heterocycles. The number of benzene rings is 2. The van der Waals surface area contributed by atoms with Gasteiger partial charge in [-0.15, -0.1) is 10.2 Å². The van der Waals surface area contributed by atoms with Crippen LogP contribution in [0.3, 0.4) is 0 Å². The maximum Gasteiger partial charge on any atom is 0.210 e. The van der Waals surface area contributed by atoms with Gasteiger partial charge in [-0.2, -0.15) is 0 Å². The van der Waals surface area contributed by atoms with Crippen molar-refractivity contribution in [1.29, 1.82) is 0 Å². The monoisotopic (exact) mass is 342 g/mol. The Morgan fingerprint density at radius 1 is 1.00 bits per heavy atom. The van der Waals surface area contributed by atoms with Gasteiger partial charge in [0.05, 0.1) is 13.7 Å². The van der Waals surface area contributed by atoms with Gasteiger partial charge < -0.3 is 15.3 Å². The zero-order valence-corrected chi connectivity index (χ0v) is 14.1. The molecule has 6 nitrogen and oxygen atoms in total. The number of thioether (sulfide) groups is 1. The molecule has 1 heterocycles. The SMILES string of the molecule is COc1ccc(-c2nnc(SCCOc3ccccc3)n2N)cc1. The third-order valence-electron chi connectivity index (χ3n) is 3.34. The number of rotatable bonds is 7. The van der Waals surface area contributed by atoms with Crippen molar-refractivity contribution >= 4 is 11.8 Å². The average molecular weight is 342 g/mol. The number of ether oxygens (including phenoxy) is 2. The Bertz CT molecular complexity index is 775. The van der Waals surface area contributed by atoms with E-state index in [1.54, 1.807) is 7.11 Å². The van der Waals surface area contributed by atoms with Crippen molar-refractivity contribution in [2.75, 3.05) is 25.3 Å². The van der Waals surface area contributed by atoms with Crippen molar-refractivity contribution in [2.45, 2.75) is 5.16 Å². The summed E-state index contributed by atoms with van der Waals surface area (Å²) in [5, 5.41) is 8.96. The van der Waals surface area contributed by atoms with Gasteiger partial charge in [0.15, 0.2) is 5.82 Å². The third-order valence-corrected chi connectivity index (χ3v) is 4.25. The maximum absolute atomic E-state index is 6.10. The lowest BCUT2D eigenvalue weighted by atomic mass is 10.2. The Balaban J connectivity index is 1.58. The minimum absolute atomic E-state index is 0.569. The number of nitrogens with two attached hydrogens (primary N) is 1. The summed E-state index contributed by atoms with van der Waals surface area (Å²) < 4.78 is 12.3. The fourth-order valence-electron chi connectivity index (χ4n) is 2.12. The molecule has 0 amide bonds. The fourth-order valence-corrected chi connectivity index (χ4v) is 2.79. The number of nitrogen functional groups attached to an aromatic ring is 1. The van der Waals surface area contributed by atoms with Crippen LogP contribution in [0, 0.1) is 0 Å². The Kier molecular flexibility index (Phi) is 5.22. The Hall–Kier alpha value is -2.67. The largest absolute Gasteiger partial charge is 0.497 e. The van der Waals surface area contributed by atoms with Crippen LogP contribution in [-0.4, -0.2) is 34.3 Å². The minimum atomic E-state index is 0.569. The second kappa shape index (κ2) is 7.74. The highest BCUT2D eigenvalue weighted by Gasteiger charge is 2.12. The molecule has 0 aliphatic rings. The molecular weight excluding hydrogens is 324 g/mol. The zero-order chi connectivity index (χ0) is 16.8. The molecule has 0 atom stereocenters. The summed E-state index contributed by atoms with van der Waals surface area (Å²) in [6, 6.07) is 17.2. The number of hydrogen-bond donors (Lipinski definition) is 1. The second-order valence-electron chi connectivity index (χ2n) is 4.91. The summed E-state index contributed by atoms with van der Waals surface area (Å²) in [5.74, 6) is 9.08. The molecule has 0 bridgehead atoms. The Labute approximate surface area is 144 Å². The standard InChI is InChI=1S/C17H18N4O2S/c1-22-14-9-7-13(8-10-14)16-19-20-17(21(16)18)24-12-11-23-15-5-3-2-4-6-15/h2-10H,11-12,18H2,1H3. The molecule has 0 spiro atoms. The predicted molar refractivity (Wildman–Crippen MR) is 94.8 cm³/mol. The molecule has 1 aromatic heterocycles. The van der Waals surface area contributed by atoms with Crippen molar-refractivity contribution in [3.05, 3.63) is 54.6 Å². The van der Waals surface area contributed by atoms with Gasteiger partial charge in [-0.3, -0.25) is 0 Å². The fraction of sp³-hybridized carbons (Fsp3) is 0.176. The van der Waals surface area contributed by atoms with Crippen LogP contribution in [0.2, 0.25) is 0 Å². The molecule has 7 heteroatoms. The summed E-state index contributed by atoms with van der Waals surface area (Å²) in [6.45, 7) is 0.569. The summed E-state index contributed by atoms with van der Waals surface area (Å²) in [4.78, 5) is 0. The summed E-state index contributed by atoms with van der Waals surface area (Å²) in [6.07, 6.45) is 0. The van der Waals surface area contributed by atoms with Crippen LogP contribution in [0.1, 0.15) is 0 Å². The van der Waals surface area contributed by atoms with Gasteiger partial charge in [-0.1, -0.05) is 30.0 Å². The predicted octanol–water partition coefficient (Wildman–Crippen LogP) is 2.84. The van der Waals surface area contributed by atoms with Gasteiger partial charge in [0.2, 0.25) is 5.16 Å². The van der Waals surface area contributed by atoms with Crippen LogP contribution in [0.5, 0.6) is 11.5 Å². The smallest absolute Gasteiger partial charge is 0.210 e. The topological polar surface area (TPSA) is 75.2 Å². The van der Waals surface area contributed by atoms with Crippen molar-refractivity contribution in [2.24, 2.45) is 0 Å². The van der Waals surface area contributed by atoms with Crippen molar-refractivity contribution < 1.29 is 9.47 Å². The number of aromatic nitrogens is 3. The van der Waals surface area contributed by atoms with E-state index in [1.807, 2.05) is 54.6 Å². The van der Waals surface area contributed by atoms with Crippen molar-refractivity contribution in [3.8, 4) is 22.9 Å². The van der Waals surface area contributed by atoms with Crippen molar-refractivity contribution in [1.82, 2.24) is 14.9 Å². The molecule has 0 aliphatic heterocycles. The highest BCUT2D eigenvalue weighted by molar-refractivity contribution is 7.99. The Morgan fingerprint density at radius 3 is 2.46 bits per heavy atom. The van der Waals surface area contributed by atoms with E-state index < -0.39 is 0 Å². The van der Waals surface area contributed by atoms with Gasteiger partial charge in [0, 0.05) is 11.3 Å². The first-order valence-corrected chi connectivity index (χ1v) is 8.42. The molecule has 24 heavy (non-hydrogen) atoms. The molecule has 0 saturated carbocycles. The van der Waals surface area contributed by atoms with Crippen molar-refractivity contribution in [3.63, 3.8) is 0 Å². The lowest BCUT2D eigenvalue weighted by Crippen LogP contribution is -2.12. The van der Waals surface area contributed by atoms with E-state index in [4.69, 9.17) is 15.3 Å². The quantitative estimate of drug-likeness (QED) is 0.404. The lowest BCUT2D eigenvalue weighted by Gasteiger charge is -2.06. The molecule has 0 aliphatic carbocycles. The molecule has 3 rings (SSSR count). The van der Waals surface area contributed by atoms with E-state index in [0.717, 1.165) is 22.8 Å². The van der Waals surface area contributed by atoms with Crippen LogP contribution in [-0.2, 0) is 0 Å². The van der Waals surface area contributed by atoms with E-state index >= 15 is 0 Å². The van der Waals surface area contributed by atoms with Gasteiger partial charge >= 0.3 is 0 Å².